The summed E-state index contributed by atoms with van der Waals surface area (Å²) >= 11 is 0. The average Bonchev–Trinajstić information content (AvgIpc) is 3.07. The number of ether oxygens (including phenoxy) is 1. The highest BCUT2D eigenvalue weighted by Crippen LogP contribution is 2.24. The Balaban J connectivity index is 1.78. The van der Waals surface area contributed by atoms with Crippen molar-refractivity contribution in [1.29, 1.82) is 0 Å². The number of hydrogen-bond acceptors (Lipinski definition) is 6. The number of fused-ring (bicyclic) bond motifs is 1. The quantitative estimate of drug-likeness (QED) is 0.778. The molecule has 3 heterocycles. The Morgan fingerprint density at radius 3 is 2.46 bits per heavy atom. The molecular weight excluding hydrogens is 336 g/mol. The van der Waals surface area contributed by atoms with Crippen LogP contribution in [0.1, 0.15) is 40.1 Å². The van der Waals surface area contributed by atoms with Crippen LogP contribution in [0.25, 0.3) is 5.69 Å². The minimum atomic E-state index is -0.615. The van der Waals surface area contributed by atoms with E-state index < -0.39 is 17.4 Å². The lowest BCUT2D eigenvalue weighted by molar-refractivity contribution is 0.0880. The number of carbonyl (C=O) groups is 2. The van der Waals surface area contributed by atoms with Gasteiger partial charge >= 0.3 is 0 Å². The van der Waals surface area contributed by atoms with Crippen LogP contribution in [0.15, 0.2) is 40.1 Å². The Labute approximate surface area is 148 Å². The molecule has 0 aliphatic carbocycles. The molecule has 1 aromatic heterocycles. The summed E-state index contributed by atoms with van der Waals surface area (Å²) in [6.07, 6.45) is 0. The van der Waals surface area contributed by atoms with E-state index in [4.69, 9.17) is 10.5 Å². The van der Waals surface area contributed by atoms with Gasteiger partial charge in [0.2, 0.25) is 5.90 Å². The number of pyridine rings is 1. The third-order valence-corrected chi connectivity index (χ3v) is 4.29. The number of nitrogen functional groups attached to an aromatic ring is 1. The fourth-order valence-corrected chi connectivity index (χ4v) is 3.03. The summed E-state index contributed by atoms with van der Waals surface area (Å²) in [5.41, 5.74) is 6.53. The zero-order chi connectivity index (χ0) is 18.6. The van der Waals surface area contributed by atoms with Gasteiger partial charge in [-0.05, 0) is 38.1 Å². The third kappa shape index (κ3) is 2.38. The monoisotopic (exact) mass is 352 g/mol. The van der Waals surface area contributed by atoms with E-state index >= 15 is 0 Å². The molecule has 0 saturated heterocycles. The minimum absolute atomic E-state index is 0.00122. The smallest absolute Gasteiger partial charge is 0.262 e. The van der Waals surface area contributed by atoms with Crippen LogP contribution in [0.4, 0.5) is 5.82 Å². The molecule has 2 aliphatic rings. The van der Waals surface area contributed by atoms with Gasteiger partial charge < -0.3 is 10.5 Å². The number of rotatable bonds is 2. The van der Waals surface area contributed by atoms with Crippen molar-refractivity contribution in [2.75, 3.05) is 12.3 Å². The van der Waals surface area contributed by atoms with Crippen molar-refractivity contribution in [2.45, 2.75) is 19.4 Å². The molecule has 2 amide bonds. The van der Waals surface area contributed by atoms with Crippen LogP contribution in [-0.4, -0.2) is 34.4 Å². The number of nitrogens with one attached hydrogen (secondary N) is 1. The number of hydrogen-bond donors (Lipinski definition) is 2. The molecule has 3 N–H and O–H groups in total. The van der Waals surface area contributed by atoms with E-state index in [9.17, 15) is 14.4 Å². The maximum atomic E-state index is 12.4. The second-order valence-electron chi connectivity index (χ2n) is 6.84. The lowest BCUT2D eigenvalue weighted by Gasteiger charge is -2.12. The molecule has 132 valence electrons. The summed E-state index contributed by atoms with van der Waals surface area (Å²) in [6.45, 7) is 4.46. The zero-order valence-corrected chi connectivity index (χ0v) is 14.2. The summed E-state index contributed by atoms with van der Waals surface area (Å²) < 4.78 is 6.80. The predicted molar refractivity (Wildman–Crippen MR) is 94.8 cm³/mol. The van der Waals surface area contributed by atoms with Crippen LogP contribution in [0, 0.1) is 0 Å². The summed E-state index contributed by atoms with van der Waals surface area (Å²) in [5, 5.41) is 2.14. The highest BCUT2D eigenvalue weighted by atomic mass is 16.5. The van der Waals surface area contributed by atoms with Gasteiger partial charge in [-0.2, -0.15) is 0 Å². The third-order valence-electron chi connectivity index (χ3n) is 4.29. The van der Waals surface area contributed by atoms with Crippen molar-refractivity contribution in [3.05, 3.63) is 57.4 Å². The Bertz CT molecular complexity index is 1050. The highest BCUT2D eigenvalue weighted by molar-refractivity contribution is 6.23. The van der Waals surface area contributed by atoms with Gasteiger partial charge in [0.15, 0.2) is 0 Å². The van der Waals surface area contributed by atoms with Crippen molar-refractivity contribution in [1.82, 2.24) is 9.88 Å². The number of anilines is 1. The van der Waals surface area contributed by atoms with Crippen LogP contribution in [-0.2, 0) is 4.74 Å². The molecule has 2 aliphatic heterocycles. The van der Waals surface area contributed by atoms with Crippen molar-refractivity contribution in [2.24, 2.45) is 4.99 Å². The molecule has 26 heavy (non-hydrogen) atoms. The number of imide groups is 1. The molecule has 0 saturated carbocycles. The first-order valence-electron chi connectivity index (χ1n) is 8.01. The molecule has 4 rings (SSSR count). The molecule has 0 fully saturated rings. The van der Waals surface area contributed by atoms with E-state index in [1.807, 2.05) is 13.8 Å². The second-order valence-corrected chi connectivity index (χ2v) is 6.84. The fraction of sp³-hybridized carbons (Fsp3) is 0.222. The number of nitrogens with zero attached hydrogens (tertiary/aromatic N) is 2. The van der Waals surface area contributed by atoms with Gasteiger partial charge in [0.25, 0.3) is 17.4 Å². The predicted octanol–water partition coefficient (Wildman–Crippen LogP) is 0.859. The zero-order valence-electron chi connectivity index (χ0n) is 14.2. The normalized spacial score (nSPS) is 17.5. The molecular formula is C18H16N4O4. The average molecular weight is 352 g/mol. The Morgan fingerprint density at radius 2 is 1.85 bits per heavy atom. The van der Waals surface area contributed by atoms with E-state index in [-0.39, 0.29) is 22.5 Å². The second kappa shape index (κ2) is 5.29. The Morgan fingerprint density at radius 1 is 1.15 bits per heavy atom. The van der Waals surface area contributed by atoms with E-state index in [2.05, 4.69) is 10.3 Å². The van der Waals surface area contributed by atoms with Gasteiger partial charge in [-0.1, -0.05) is 0 Å². The largest absolute Gasteiger partial charge is 0.475 e. The number of nitrogens with two attached hydrogens (primary N) is 1. The SMILES string of the molecule is CC1(C)COC(c2ccc(-n3c(N)c4c(cc3=O)C(=O)NC4=O)cc2)=N1. The molecule has 1 aromatic carbocycles. The van der Waals surface area contributed by atoms with Gasteiger partial charge in [-0.15, -0.1) is 0 Å². The summed E-state index contributed by atoms with van der Waals surface area (Å²) in [4.78, 5) is 40.6. The summed E-state index contributed by atoms with van der Waals surface area (Å²) in [5.74, 6) is -0.751. The minimum Gasteiger partial charge on any atom is -0.475 e. The molecule has 0 unspecified atom stereocenters. The van der Waals surface area contributed by atoms with Gasteiger partial charge in [-0.3, -0.25) is 24.3 Å². The molecule has 8 heteroatoms. The Hall–Kier alpha value is -3.42. The van der Waals surface area contributed by atoms with Gasteiger partial charge in [0, 0.05) is 11.6 Å². The lowest BCUT2D eigenvalue weighted by atomic mass is 10.1. The first kappa shape index (κ1) is 16.1. The highest BCUT2D eigenvalue weighted by Gasteiger charge is 2.32. The molecule has 0 radical (unpaired) electrons. The van der Waals surface area contributed by atoms with Gasteiger partial charge in [0.1, 0.15) is 12.4 Å². The topological polar surface area (TPSA) is 116 Å². The number of benzene rings is 1. The van der Waals surface area contributed by atoms with E-state index in [1.165, 1.54) is 4.57 Å². The Kier molecular flexibility index (Phi) is 3.27. The van der Waals surface area contributed by atoms with E-state index in [1.54, 1.807) is 24.3 Å². The molecule has 8 nitrogen and oxygen atoms in total. The van der Waals surface area contributed by atoms with Gasteiger partial charge in [0.05, 0.1) is 22.4 Å². The first-order chi connectivity index (χ1) is 12.3. The molecule has 0 atom stereocenters. The fourth-order valence-electron chi connectivity index (χ4n) is 3.03. The maximum absolute atomic E-state index is 12.4. The maximum Gasteiger partial charge on any atom is 0.262 e. The van der Waals surface area contributed by atoms with Crippen LogP contribution in [0.3, 0.4) is 0 Å². The van der Waals surface area contributed by atoms with Crippen molar-refractivity contribution in [3.8, 4) is 5.69 Å². The van der Waals surface area contributed by atoms with Crippen LogP contribution >= 0.6 is 0 Å². The number of carbonyl (C=O) groups excluding carboxylic acids is 2. The number of aromatic nitrogens is 1. The van der Waals surface area contributed by atoms with Crippen LogP contribution < -0.4 is 16.6 Å². The van der Waals surface area contributed by atoms with Crippen molar-refractivity contribution < 1.29 is 14.3 Å². The van der Waals surface area contributed by atoms with E-state index in [0.717, 1.165) is 11.6 Å². The molecule has 0 spiro atoms. The van der Waals surface area contributed by atoms with Gasteiger partial charge in [-0.25, -0.2) is 4.99 Å². The molecule has 2 aromatic rings. The first-order valence-corrected chi connectivity index (χ1v) is 8.01. The van der Waals surface area contributed by atoms with Crippen LogP contribution in [0.2, 0.25) is 0 Å². The number of amides is 2. The van der Waals surface area contributed by atoms with Crippen LogP contribution in [0.5, 0.6) is 0 Å². The number of aliphatic imine (C=N–C) groups is 1. The molecule has 0 bridgehead atoms. The lowest BCUT2D eigenvalue weighted by Crippen LogP contribution is -2.24. The summed E-state index contributed by atoms with van der Waals surface area (Å²) in [6, 6.07) is 8.02. The van der Waals surface area contributed by atoms with E-state index in [0.29, 0.717) is 18.2 Å². The summed E-state index contributed by atoms with van der Waals surface area (Å²) in [7, 11) is 0. The standard InChI is InChI=1S/C18H16N4O4/c1-18(2)8-26-17(21-18)9-3-5-10(6-4-9)22-12(23)7-11-13(14(22)19)16(25)20-15(11)24/h3-7H,8,19H2,1-2H3,(H,20,24,25). The van der Waals surface area contributed by atoms with Crippen molar-refractivity contribution >= 4 is 23.5 Å². The van der Waals surface area contributed by atoms with Crippen molar-refractivity contribution in [3.63, 3.8) is 0 Å².